The van der Waals surface area contributed by atoms with Gasteiger partial charge in [0.05, 0.1) is 0 Å². The molecule has 9 heavy (non-hydrogen) atoms. The molecule has 0 spiro atoms. The van der Waals surface area contributed by atoms with Crippen LogP contribution in [0.15, 0.2) is 0 Å². The maximum absolute atomic E-state index is 2.45. The van der Waals surface area contributed by atoms with Gasteiger partial charge in [-0.15, -0.1) is 0 Å². The summed E-state index contributed by atoms with van der Waals surface area (Å²) in [7, 11) is 0. The van der Waals surface area contributed by atoms with Crippen LogP contribution in [0.25, 0.3) is 0 Å². The van der Waals surface area contributed by atoms with Crippen LogP contribution in [-0.2, 0) is 0 Å². The second kappa shape index (κ2) is 5.51. The van der Waals surface area contributed by atoms with E-state index in [0.717, 1.165) is 11.8 Å². The van der Waals surface area contributed by atoms with Crippen molar-refractivity contribution in [2.75, 3.05) is 4.43 Å². The van der Waals surface area contributed by atoms with Crippen LogP contribution in [0.1, 0.15) is 33.6 Å². The molecule has 0 fully saturated rings. The lowest BCUT2D eigenvalue weighted by atomic mass is 9.92. The zero-order chi connectivity index (χ0) is 7.28. The molecule has 0 saturated carbocycles. The molecule has 56 valence electrons. The van der Waals surface area contributed by atoms with E-state index in [1.807, 2.05) is 0 Å². The fourth-order valence-electron chi connectivity index (χ4n) is 0.859. The highest BCUT2D eigenvalue weighted by molar-refractivity contribution is 14.1. The number of halogens is 1. The van der Waals surface area contributed by atoms with Crippen molar-refractivity contribution in [2.45, 2.75) is 33.6 Å². The Kier molecular flexibility index (Phi) is 5.96. The van der Waals surface area contributed by atoms with Crippen molar-refractivity contribution in [1.82, 2.24) is 0 Å². The van der Waals surface area contributed by atoms with Crippen LogP contribution >= 0.6 is 22.6 Å². The van der Waals surface area contributed by atoms with Gasteiger partial charge in [0.2, 0.25) is 0 Å². The Morgan fingerprint density at radius 3 is 2.11 bits per heavy atom. The lowest BCUT2D eigenvalue weighted by Crippen LogP contribution is -2.06. The summed E-state index contributed by atoms with van der Waals surface area (Å²) in [6.45, 7) is 6.97. The Morgan fingerprint density at radius 1 is 1.22 bits per heavy atom. The Morgan fingerprint density at radius 2 is 1.78 bits per heavy atom. The van der Waals surface area contributed by atoms with Crippen molar-refractivity contribution in [3.63, 3.8) is 0 Å². The molecule has 0 saturated heterocycles. The molecule has 0 radical (unpaired) electrons. The van der Waals surface area contributed by atoms with Gasteiger partial charge in [-0.2, -0.15) is 0 Å². The van der Waals surface area contributed by atoms with Gasteiger partial charge in [0.15, 0.2) is 0 Å². The standard InChI is InChI=1S/C8H17I/c1-4-7(2)8(3)5-6-9/h7-8H,4-6H2,1-3H3/t7-,8-/m1/s1. The molecule has 0 N–H and O–H groups in total. The molecule has 0 unspecified atom stereocenters. The highest BCUT2D eigenvalue weighted by Gasteiger charge is 2.07. The van der Waals surface area contributed by atoms with E-state index < -0.39 is 0 Å². The first-order valence-electron chi connectivity index (χ1n) is 3.78. The molecule has 2 atom stereocenters. The van der Waals surface area contributed by atoms with E-state index in [1.54, 1.807) is 0 Å². The van der Waals surface area contributed by atoms with Crippen LogP contribution in [0, 0.1) is 11.8 Å². The van der Waals surface area contributed by atoms with Crippen molar-refractivity contribution in [3.05, 3.63) is 0 Å². The predicted molar refractivity (Wildman–Crippen MR) is 52.1 cm³/mol. The summed E-state index contributed by atoms with van der Waals surface area (Å²) in [5.74, 6) is 1.84. The zero-order valence-corrected chi connectivity index (χ0v) is 8.81. The number of alkyl halides is 1. The first kappa shape index (κ1) is 9.73. The minimum Gasteiger partial charge on any atom is -0.0864 e. The highest BCUT2D eigenvalue weighted by atomic mass is 127. The summed E-state index contributed by atoms with van der Waals surface area (Å²) in [5, 5.41) is 0. The summed E-state index contributed by atoms with van der Waals surface area (Å²) in [6, 6.07) is 0. The van der Waals surface area contributed by atoms with E-state index in [1.165, 1.54) is 17.3 Å². The van der Waals surface area contributed by atoms with Gasteiger partial charge in [-0.25, -0.2) is 0 Å². The van der Waals surface area contributed by atoms with Crippen LogP contribution in [0.4, 0.5) is 0 Å². The SMILES string of the molecule is CC[C@@H](C)[C@H](C)CCI. The van der Waals surface area contributed by atoms with Crippen molar-refractivity contribution in [2.24, 2.45) is 11.8 Å². The van der Waals surface area contributed by atoms with Crippen molar-refractivity contribution >= 4 is 22.6 Å². The number of rotatable bonds is 4. The molecule has 0 nitrogen and oxygen atoms in total. The van der Waals surface area contributed by atoms with E-state index >= 15 is 0 Å². The van der Waals surface area contributed by atoms with Crippen LogP contribution in [0.2, 0.25) is 0 Å². The smallest absolute Gasteiger partial charge is 0.000209 e. The first-order chi connectivity index (χ1) is 4.22. The summed E-state index contributed by atoms with van der Waals surface area (Å²) in [4.78, 5) is 0. The average Bonchev–Trinajstić information content (AvgIpc) is 1.87. The Hall–Kier alpha value is 0.730. The third kappa shape index (κ3) is 4.18. The van der Waals surface area contributed by atoms with Gasteiger partial charge in [-0.05, 0) is 22.7 Å². The van der Waals surface area contributed by atoms with Gasteiger partial charge in [0.25, 0.3) is 0 Å². The molecule has 0 aromatic carbocycles. The lowest BCUT2D eigenvalue weighted by molar-refractivity contribution is 0.371. The second-order valence-corrected chi connectivity index (χ2v) is 3.92. The molecule has 0 heterocycles. The molecular formula is C8H17I. The number of hydrogen-bond donors (Lipinski definition) is 0. The normalized spacial score (nSPS) is 17.3. The molecular weight excluding hydrogens is 223 g/mol. The summed E-state index contributed by atoms with van der Waals surface area (Å²) in [5.41, 5.74) is 0. The molecule has 0 aliphatic rings. The monoisotopic (exact) mass is 240 g/mol. The summed E-state index contributed by atoms with van der Waals surface area (Å²) < 4.78 is 1.31. The van der Waals surface area contributed by atoms with E-state index in [0.29, 0.717) is 0 Å². The van der Waals surface area contributed by atoms with Crippen LogP contribution in [-0.4, -0.2) is 4.43 Å². The van der Waals surface area contributed by atoms with Crippen LogP contribution in [0.5, 0.6) is 0 Å². The molecule has 0 aromatic heterocycles. The minimum absolute atomic E-state index is 0.916. The van der Waals surface area contributed by atoms with Gasteiger partial charge < -0.3 is 0 Å². The van der Waals surface area contributed by atoms with Gasteiger partial charge in [0, 0.05) is 0 Å². The van der Waals surface area contributed by atoms with Gasteiger partial charge in [-0.3, -0.25) is 0 Å². The van der Waals surface area contributed by atoms with Crippen LogP contribution in [0.3, 0.4) is 0 Å². The first-order valence-corrected chi connectivity index (χ1v) is 5.30. The van der Waals surface area contributed by atoms with Crippen molar-refractivity contribution in [3.8, 4) is 0 Å². The fourth-order valence-corrected chi connectivity index (χ4v) is 1.84. The van der Waals surface area contributed by atoms with Crippen LogP contribution < -0.4 is 0 Å². The van der Waals surface area contributed by atoms with E-state index in [2.05, 4.69) is 43.4 Å². The minimum atomic E-state index is 0.916. The van der Waals surface area contributed by atoms with Gasteiger partial charge >= 0.3 is 0 Å². The number of hydrogen-bond acceptors (Lipinski definition) is 0. The maximum Gasteiger partial charge on any atom is -0.000209 e. The topological polar surface area (TPSA) is 0 Å². The maximum atomic E-state index is 2.45. The summed E-state index contributed by atoms with van der Waals surface area (Å²) >= 11 is 2.45. The van der Waals surface area contributed by atoms with E-state index in [9.17, 15) is 0 Å². The fraction of sp³-hybridized carbons (Fsp3) is 1.00. The third-order valence-electron chi connectivity index (χ3n) is 2.18. The predicted octanol–water partition coefficient (Wildman–Crippen LogP) is 3.49. The van der Waals surface area contributed by atoms with E-state index in [-0.39, 0.29) is 0 Å². The quantitative estimate of drug-likeness (QED) is 0.521. The molecule has 1 heteroatoms. The van der Waals surface area contributed by atoms with Gasteiger partial charge in [-0.1, -0.05) is 49.8 Å². The molecule has 0 bridgehead atoms. The molecule has 0 amide bonds. The molecule has 0 rings (SSSR count). The Balaban J connectivity index is 3.32. The third-order valence-corrected chi connectivity index (χ3v) is 2.80. The molecule has 0 aliphatic heterocycles. The van der Waals surface area contributed by atoms with Gasteiger partial charge in [0.1, 0.15) is 0 Å². The lowest BCUT2D eigenvalue weighted by Gasteiger charge is -2.16. The molecule has 0 aliphatic carbocycles. The van der Waals surface area contributed by atoms with Crippen molar-refractivity contribution < 1.29 is 0 Å². The second-order valence-electron chi connectivity index (χ2n) is 2.84. The molecule has 0 aromatic rings. The summed E-state index contributed by atoms with van der Waals surface area (Å²) in [6.07, 6.45) is 2.72. The highest BCUT2D eigenvalue weighted by Crippen LogP contribution is 2.18. The van der Waals surface area contributed by atoms with E-state index in [4.69, 9.17) is 0 Å². The average molecular weight is 240 g/mol. The Bertz CT molecular complexity index is 61.6. The zero-order valence-electron chi connectivity index (χ0n) is 6.65. The largest absolute Gasteiger partial charge is 0.0864 e. The Labute approximate surface area is 72.6 Å². The van der Waals surface area contributed by atoms with Crippen molar-refractivity contribution in [1.29, 1.82) is 0 Å².